The molecule has 1 aliphatic heterocycles. The van der Waals surface area contributed by atoms with Crippen molar-refractivity contribution in [1.29, 1.82) is 0 Å². The van der Waals surface area contributed by atoms with Crippen molar-refractivity contribution in [2.45, 2.75) is 26.5 Å². The lowest BCUT2D eigenvalue weighted by atomic mass is 9.96. The maximum atomic E-state index is 13.9. The Bertz CT molecular complexity index is 1940. The number of allylic oxidation sites excluding steroid dienone is 1. The van der Waals surface area contributed by atoms with Crippen molar-refractivity contribution >= 4 is 78.4 Å². The highest BCUT2D eigenvalue weighted by Gasteiger charge is 2.33. The van der Waals surface area contributed by atoms with Crippen LogP contribution >= 0.6 is 66.4 Å². The number of nitrogens with zero attached hydrogens (tertiary/aromatic N) is 2. The molecule has 0 spiro atoms. The molecular formula is C31H24Br2Cl2N2O5S. The summed E-state index contributed by atoms with van der Waals surface area (Å²) in [6, 6.07) is 15.6. The van der Waals surface area contributed by atoms with Crippen LogP contribution in [0.4, 0.5) is 0 Å². The first kappa shape index (κ1) is 31.5. The minimum atomic E-state index is -0.692. The summed E-state index contributed by atoms with van der Waals surface area (Å²) < 4.78 is 20.5. The normalized spacial score (nSPS) is 14.8. The minimum Gasteiger partial charge on any atom is -0.493 e. The molecule has 12 heteroatoms. The first-order valence-corrected chi connectivity index (χ1v) is 16.2. The van der Waals surface area contributed by atoms with E-state index < -0.39 is 12.0 Å². The molecule has 1 aliphatic rings. The molecule has 1 aromatic heterocycles. The number of benzene rings is 3. The summed E-state index contributed by atoms with van der Waals surface area (Å²) in [7, 11) is 1.54. The molecule has 0 unspecified atom stereocenters. The minimum absolute atomic E-state index is 0.196. The molecule has 0 saturated heterocycles. The number of rotatable bonds is 8. The van der Waals surface area contributed by atoms with E-state index >= 15 is 0 Å². The lowest BCUT2D eigenvalue weighted by Crippen LogP contribution is -2.39. The van der Waals surface area contributed by atoms with Crippen LogP contribution < -0.4 is 24.4 Å². The van der Waals surface area contributed by atoms with Crippen LogP contribution in [-0.2, 0) is 16.1 Å². The Kier molecular flexibility index (Phi) is 9.83. The molecular weight excluding hydrogens is 743 g/mol. The highest BCUT2D eigenvalue weighted by atomic mass is 79.9. The quantitative estimate of drug-likeness (QED) is 0.177. The van der Waals surface area contributed by atoms with E-state index in [1.807, 2.05) is 30.3 Å². The van der Waals surface area contributed by atoms with Crippen molar-refractivity contribution in [2.75, 3.05) is 13.7 Å². The van der Waals surface area contributed by atoms with Gasteiger partial charge < -0.3 is 14.2 Å². The van der Waals surface area contributed by atoms with Gasteiger partial charge in [0.15, 0.2) is 16.3 Å². The number of ether oxygens (including phenoxy) is 3. The van der Waals surface area contributed by atoms with Gasteiger partial charge in [0, 0.05) is 20.1 Å². The Morgan fingerprint density at radius 2 is 1.86 bits per heavy atom. The summed E-state index contributed by atoms with van der Waals surface area (Å²) in [5.74, 6) is 0.443. The number of methoxy groups -OCH3 is 1. The average Bonchev–Trinajstić information content (AvgIpc) is 3.26. The number of fused-ring (bicyclic) bond motifs is 1. The lowest BCUT2D eigenvalue weighted by Gasteiger charge is -2.24. The Labute approximate surface area is 278 Å². The van der Waals surface area contributed by atoms with E-state index in [0.29, 0.717) is 52.2 Å². The Morgan fingerprint density at radius 3 is 2.53 bits per heavy atom. The molecule has 4 aromatic rings. The number of thiazole rings is 1. The van der Waals surface area contributed by atoms with Gasteiger partial charge in [-0.2, -0.15) is 0 Å². The molecule has 0 bridgehead atoms. The Hall–Kier alpha value is -2.89. The predicted molar refractivity (Wildman–Crippen MR) is 176 cm³/mol. The van der Waals surface area contributed by atoms with Crippen LogP contribution in [0.25, 0.3) is 6.08 Å². The zero-order chi connectivity index (χ0) is 30.8. The van der Waals surface area contributed by atoms with Gasteiger partial charge in [-0.3, -0.25) is 9.36 Å². The lowest BCUT2D eigenvalue weighted by molar-refractivity contribution is -0.139. The van der Waals surface area contributed by atoms with Crippen LogP contribution in [0, 0.1) is 0 Å². The summed E-state index contributed by atoms with van der Waals surface area (Å²) in [6.07, 6.45) is 1.76. The van der Waals surface area contributed by atoms with Crippen molar-refractivity contribution in [2.24, 2.45) is 4.99 Å². The number of hydrogen-bond donors (Lipinski definition) is 0. The van der Waals surface area contributed by atoms with Crippen LogP contribution in [0.2, 0.25) is 10.0 Å². The van der Waals surface area contributed by atoms with E-state index in [1.165, 1.54) is 11.3 Å². The van der Waals surface area contributed by atoms with Gasteiger partial charge in [-0.1, -0.05) is 68.7 Å². The van der Waals surface area contributed by atoms with Gasteiger partial charge in [-0.15, -0.1) is 0 Å². The maximum Gasteiger partial charge on any atom is 0.338 e. The standard InChI is InChI=1S/C31H24Br2Cl2N2O5S/c1-4-41-30(39)26-16(2)36-31-37(27(26)18-5-8-20(32)9-6-18)29(38)25(43-31)13-17-11-22(33)28(24(12-17)40-3)42-15-19-7-10-21(34)14-23(19)35/h5-14,27H,4,15H2,1-3H3/b25-13-/t27-/m1/s1. The predicted octanol–water partition coefficient (Wildman–Crippen LogP) is 7.22. The third-order valence-corrected chi connectivity index (χ3v) is 9.33. The molecule has 1 atom stereocenters. The second-order valence-corrected chi connectivity index (χ2v) is 13.0. The van der Waals surface area contributed by atoms with Gasteiger partial charge in [0.1, 0.15) is 6.61 Å². The second kappa shape index (κ2) is 13.4. The molecule has 0 saturated carbocycles. The van der Waals surface area contributed by atoms with Crippen LogP contribution in [0.5, 0.6) is 11.5 Å². The van der Waals surface area contributed by atoms with Crippen LogP contribution in [0.1, 0.15) is 36.6 Å². The molecule has 5 rings (SSSR count). The van der Waals surface area contributed by atoms with E-state index in [2.05, 4.69) is 36.9 Å². The molecule has 3 aromatic carbocycles. The topological polar surface area (TPSA) is 79.1 Å². The molecule has 0 radical (unpaired) electrons. The zero-order valence-electron chi connectivity index (χ0n) is 23.1. The molecule has 2 heterocycles. The number of carbonyl (C=O) groups is 1. The monoisotopic (exact) mass is 764 g/mol. The van der Waals surface area contributed by atoms with Gasteiger partial charge >= 0.3 is 5.97 Å². The largest absolute Gasteiger partial charge is 0.493 e. The fraction of sp³-hybridized carbons (Fsp3) is 0.194. The fourth-order valence-corrected chi connectivity index (χ4v) is 7.00. The number of hydrogen-bond acceptors (Lipinski definition) is 7. The first-order chi connectivity index (χ1) is 20.6. The van der Waals surface area contributed by atoms with Gasteiger partial charge in [-0.05, 0) is 83.4 Å². The first-order valence-electron chi connectivity index (χ1n) is 13.0. The third kappa shape index (κ3) is 6.63. The highest BCUT2D eigenvalue weighted by Crippen LogP contribution is 2.38. The SMILES string of the molecule is CCOC(=O)C1=C(C)N=c2s/c(=C\c3cc(Br)c(OCc4ccc(Cl)cc4Cl)c(OC)c3)c(=O)n2[C@@H]1c1ccc(Br)cc1. The van der Waals surface area contributed by atoms with Crippen molar-refractivity contribution < 1.29 is 19.0 Å². The summed E-state index contributed by atoms with van der Waals surface area (Å²) in [4.78, 5) is 32.1. The van der Waals surface area contributed by atoms with Gasteiger partial charge in [0.05, 0.1) is 40.0 Å². The van der Waals surface area contributed by atoms with E-state index in [0.717, 1.165) is 15.6 Å². The average molecular weight is 767 g/mol. The Morgan fingerprint density at radius 1 is 1.12 bits per heavy atom. The molecule has 43 heavy (non-hydrogen) atoms. The molecule has 222 valence electrons. The molecule has 0 N–H and O–H groups in total. The molecule has 0 aliphatic carbocycles. The number of esters is 1. The fourth-order valence-electron chi connectivity index (χ4n) is 4.66. The van der Waals surface area contributed by atoms with Crippen molar-refractivity contribution in [1.82, 2.24) is 4.57 Å². The highest BCUT2D eigenvalue weighted by molar-refractivity contribution is 9.10. The summed E-state index contributed by atoms with van der Waals surface area (Å²) in [6.45, 7) is 3.90. The van der Waals surface area contributed by atoms with Crippen molar-refractivity contribution in [3.63, 3.8) is 0 Å². The van der Waals surface area contributed by atoms with Crippen molar-refractivity contribution in [3.8, 4) is 11.5 Å². The van der Waals surface area contributed by atoms with E-state index in [1.54, 1.807) is 55.9 Å². The van der Waals surface area contributed by atoms with Crippen LogP contribution in [0.15, 0.2) is 84.6 Å². The summed E-state index contributed by atoms with van der Waals surface area (Å²) in [5.41, 5.74) is 2.79. The molecule has 0 fully saturated rings. The molecule has 0 amide bonds. The van der Waals surface area contributed by atoms with E-state index in [-0.39, 0.29) is 18.8 Å². The van der Waals surface area contributed by atoms with E-state index in [4.69, 9.17) is 37.4 Å². The number of halogens is 4. The summed E-state index contributed by atoms with van der Waals surface area (Å²) in [5, 5.41) is 1.04. The van der Waals surface area contributed by atoms with E-state index in [9.17, 15) is 9.59 Å². The number of carbonyl (C=O) groups excluding carboxylic acids is 1. The van der Waals surface area contributed by atoms with Crippen molar-refractivity contribution in [3.05, 3.63) is 121 Å². The number of aromatic nitrogens is 1. The smallest absolute Gasteiger partial charge is 0.338 e. The zero-order valence-corrected chi connectivity index (χ0v) is 28.6. The van der Waals surface area contributed by atoms with Crippen LogP contribution in [-0.4, -0.2) is 24.3 Å². The third-order valence-electron chi connectivity index (χ3n) is 6.64. The van der Waals surface area contributed by atoms with Gasteiger partial charge in [0.2, 0.25) is 0 Å². The van der Waals surface area contributed by atoms with Crippen LogP contribution in [0.3, 0.4) is 0 Å². The second-order valence-electron chi connectivity index (χ2n) is 9.41. The summed E-state index contributed by atoms with van der Waals surface area (Å²) >= 11 is 20.6. The Balaban J connectivity index is 1.56. The maximum absolute atomic E-state index is 13.9. The van der Waals surface area contributed by atoms with Gasteiger partial charge in [-0.25, -0.2) is 9.79 Å². The molecule has 7 nitrogen and oxygen atoms in total. The van der Waals surface area contributed by atoms with Gasteiger partial charge in [0.25, 0.3) is 5.56 Å².